The highest BCUT2D eigenvalue weighted by molar-refractivity contribution is 5.38. The third kappa shape index (κ3) is 4.87. The predicted octanol–water partition coefficient (Wildman–Crippen LogP) is 1.87. The molecule has 5 nitrogen and oxygen atoms in total. The molecular formula is C13H24N4O. The number of anilines is 1. The molecule has 18 heavy (non-hydrogen) atoms. The first-order valence-corrected chi connectivity index (χ1v) is 6.39. The van der Waals surface area contributed by atoms with Crippen LogP contribution in [0.4, 0.5) is 5.82 Å². The lowest BCUT2D eigenvalue weighted by Crippen LogP contribution is -2.36. The number of nitrogens with zero attached hydrogens (tertiary/aromatic N) is 3. The van der Waals surface area contributed by atoms with Crippen molar-refractivity contribution in [1.29, 1.82) is 0 Å². The molecule has 1 atom stereocenters. The van der Waals surface area contributed by atoms with E-state index in [1.807, 2.05) is 13.0 Å². The van der Waals surface area contributed by atoms with Crippen molar-refractivity contribution < 1.29 is 4.74 Å². The highest BCUT2D eigenvalue weighted by atomic mass is 16.5. The number of ether oxygens (including phenoxy) is 1. The molecule has 5 heteroatoms. The molecule has 0 fully saturated rings. The van der Waals surface area contributed by atoms with E-state index in [0.29, 0.717) is 24.4 Å². The van der Waals surface area contributed by atoms with Gasteiger partial charge in [-0.25, -0.2) is 9.97 Å². The van der Waals surface area contributed by atoms with Gasteiger partial charge < -0.3 is 15.0 Å². The number of hydrogen-bond acceptors (Lipinski definition) is 5. The van der Waals surface area contributed by atoms with Crippen molar-refractivity contribution >= 4 is 5.82 Å². The number of nitrogens with one attached hydrogen (secondary N) is 1. The standard InChI is InChI=1S/C13H24N4O/c1-6-18-13-7-12(14-9-15-13)16-11(10(2)3)8-17(4)5/h7,9-11H,6,8H2,1-5H3,(H,14,15,16). The number of hydrogen-bond donors (Lipinski definition) is 1. The molecule has 1 aromatic rings. The maximum Gasteiger partial charge on any atom is 0.218 e. The largest absolute Gasteiger partial charge is 0.478 e. The molecule has 0 radical (unpaired) electrons. The quantitative estimate of drug-likeness (QED) is 0.803. The molecule has 0 bridgehead atoms. The van der Waals surface area contributed by atoms with E-state index in [9.17, 15) is 0 Å². The zero-order valence-corrected chi connectivity index (χ0v) is 12.0. The van der Waals surface area contributed by atoms with E-state index in [-0.39, 0.29) is 0 Å². The van der Waals surface area contributed by atoms with Gasteiger partial charge in [-0.1, -0.05) is 13.8 Å². The first-order chi connectivity index (χ1) is 8.52. The minimum Gasteiger partial charge on any atom is -0.478 e. The van der Waals surface area contributed by atoms with E-state index in [2.05, 4.69) is 48.1 Å². The molecule has 0 aromatic carbocycles. The second kappa shape index (κ2) is 7.16. The average molecular weight is 252 g/mol. The summed E-state index contributed by atoms with van der Waals surface area (Å²) in [6.45, 7) is 7.92. The molecule has 0 aliphatic carbocycles. The minimum absolute atomic E-state index is 0.351. The summed E-state index contributed by atoms with van der Waals surface area (Å²) in [6.07, 6.45) is 1.53. The fraction of sp³-hybridized carbons (Fsp3) is 0.692. The molecular weight excluding hydrogens is 228 g/mol. The molecule has 0 saturated carbocycles. The lowest BCUT2D eigenvalue weighted by molar-refractivity contribution is 0.325. The minimum atomic E-state index is 0.351. The van der Waals surface area contributed by atoms with E-state index in [1.54, 1.807) is 0 Å². The average Bonchev–Trinajstić information content (AvgIpc) is 2.28. The second-order valence-corrected chi connectivity index (χ2v) is 4.93. The van der Waals surface area contributed by atoms with Crippen LogP contribution in [0.15, 0.2) is 12.4 Å². The van der Waals surface area contributed by atoms with Gasteiger partial charge in [-0.3, -0.25) is 0 Å². The lowest BCUT2D eigenvalue weighted by Gasteiger charge is -2.26. The van der Waals surface area contributed by atoms with Crippen molar-refractivity contribution in [1.82, 2.24) is 14.9 Å². The van der Waals surface area contributed by atoms with Gasteiger partial charge in [0, 0.05) is 18.7 Å². The van der Waals surface area contributed by atoms with Crippen LogP contribution in [0, 0.1) is 5.92 Å². The Morgan fingerprint density at radius 2 is 2.06 bits per heavy atom. The third-order valence-electron chi connectivity index (χ3n) is 2.63. The number of likely N-dealkylation sites (N-methyl/N-ethyl adjacent to an activating group) is 1. The number of rotatable bonds is 7. The molecule has 0 spiro atoms. The summed E-state index contributed by atoms with van der Waals surface area (Å²) in [7, 11) is 4.14. The summed E-state index contributed by atoms with van der Waals surface area (Å²) in [5, 5.41) is 3.44. The summed E-state index contributed by atoms with van der Waals surface area (Å²) in [5.74, 6) is 1.95. The van der Waals surface area contributed by atoms with Crippen LogP contribution in [0.25, 0.3) is 0 Å². The van der Waals surface area contributed by atoms with Crippen LogP contribution in [0.2, 0.25) is 0 Å². The van der Waals surface area contributed by atoms with Crippen LogP contribution in [0.1, 0.15) is 20.8 Å². The molecule has 0 saturated heterocycles. The SMILES string of the molecule is CCOc1cc(NC(CN(C)C)C(C)C)ncn1. The molecule has 0 amide bonds. The first kappa shape index (κ1) is 14.7. The zero-order valence-electron chi connectivity index (χ0n) is 12.0. The highest BCUT2D eigenvalue weighted by Crippen LogP contribution is 2.15. The Balaban J connectivity index is 2.70. The van der Waals surface area contributed by atoms with Gasteiger partial charge in [0.05, 0.1) is 6.61 Å². The van der Waals surface area contributed by atoms with Crippen molar-refractivity contribution in [2.24, 2.45) is 5.92 Å². The Bertz CT molecular complexity index is 355. The molecule has 0 aliphatic rings. The highest BCUT2D eigenvalue weighted by Gasteiger charge is 2.15. The first-order valence-electron chi connectivity index (χ1n) is 6.39. The fourth-order valence-electron chi connectivity index (χ4n) is 1.65. The van der Waals surface area contributed by atoms with Gasteiger partial charge in [0.2, 0.25) is 5.88 Å². The lowest BCUT2D eigenvalue weighted by atomic mass is 10.0. The van der Waals surface area contributed by atoms with E-state index in [4.69, 9.17) is 4.74 Å². The Hall–Kier alpha value is -1.36. The van der Waals surface area contributed by atoms with E-state index in [1.165, 1.54) is 6.33 Å². The Kier molecular flexibility index (Phi) is 5.85. The van der Waals surface area contributed by atoms with Gasteiger partial charge in [0.15, 0.2) is 0 Å². The van der Waals surface area contributed by atoms with Gasteiger partial charge in [0.1, 0.15) is 12.1 Å². The Labute approximate surface area is 110 Å². The van der Waals surface area contributed by atoms with Crippen molar-refractivity contribution in [3.63, 3.8) is 0 Å². The number of aromatic nitrogens is 2. The molecule has 0 aliphatic heterocycles. The van der Waals surface area contributed by atoms with E-state index < -0.39 is 0 Å². The second-order valence-electron chi connectivity index (χ2n) is 4.93. The normalized spacial score (nSPS) is 12.8. The van der Waals surface area contributed by atoms with Gasteiger partial charge in [-0.2, -0.15) is 0 Å². The Morgan fingerprint density at radius 1 is 1.33 bits per heavy atom. The third-order valence-corrected chi connectivity index (χ3v) is 2.63. The summed E-state index contributed by atoms with van der Waals surface area (Å²) in [6, 6.07) is 2.19. The molecule has 1 rings (SSSR count). The van der Waals surface area contributed by atoms with Gasteiger partial charge in [-0.05, 0) is 26.9 Å². The van der Waals surface area contributed by atoms with Gasteiger partial charge in [-0.15, -0.1) is 0 Å². The molecule has 1 N–H and O–H groups in total. The smallest absolute Gasteiger partial charge is 0.218 e. The van der Waals surface area contributed by atoms with Crippen molar-refractivity contribution in [2.75, 3.05) is 32.6 Å². The molecule has 1 unspecified atom stereocenters. The molecule has 102 valence electrons. The summed E-state index contributed by atoms with van der Waals surface area (Å²) in [5.41, 5.74) is 0. The Morgan fingerprint density at radius 3 is 2.61 bits per heavy atom. The summed E-state index contributed by atoms with van der Waals surface area (Å²) < 4.78 is 5.37. The maximum atomic E-state index is 5.37. The molecule has 1 heterocycles. The summed E-state index contributed by atoms with van der Waals surface area (Å²) in [4.78, 5) is 10.5. The van der Waals surface area contributed by atoms with Crippen LogP contribution in [-0.2, 0) is 0 Å². The van der Waals surface area contributed by atoms with E-state index >= 15 is 0 Å². The van der Waals surface area contributed by atoms with Crippen LogP contribution in [-0.4, -0.2) is 48.2 Å². The maximum absolute atomic E-state index is 5.37. The van der Waals surface area contributed by atoms with Crippen molar-refractivity contribution in [2.45, 2.75) is 26.8 Å². The fourth-order valence-corrected chi connectivity index (χ4v) is 1.65. The predicted molar refractivity (Wildman–Crippen MR) is 74.0 cm³/mol. The topological polar surface area (TPSA) is 50.3 Å². The van der Waals surface area contributed by atoms with Crippen LogP contribution in [0.5, 0.6) is 5.88 Å². The molecule has 1 aromatic heterocycles. The monoisotopic (exact) mass is 252 g/mol. The zero-order chi connectivity index (χ0) is 13.5. The summed E-state index contributed by atoms with van der Waals surface area (Å²) >= 11 is 0. The van der Waals surface area contributed by atoms with E-state index in [0.717, 1.165) is 12.4 Å². The van der Waals surface area contributed by atoms with Crippen LogP contribution >= 0.6 is 0 Å². The van der Waals surface area contributed by atoms with Crippen molar-refractivity contribution in [3.8, 4) is 5.88 Å². The van der Waals surface area contributed by atoms with Crippen molar-refractivity contribution in [3.05, 3.63) is 12.4 Å². The van der Waals surface area contributed by atoms with Gasteiger partial charge >= 0.3 is 0 Å². The van der Waals surface area contributed by atoms with Gasteiger partial charge in [0.25, 0.3) is 0 Å². The van der Waals surface area contributed by atoms with Crippen LogP contribution in [0.3, 0.4) is 0 Å². The van der Waals surface area contributed by atoms with Crippen LogP contribution < -0.4 is 10.1 Å².